The predicted octanol–water partition coefficient (Wildman–Crippen LogP) is 2.91. The van der Waals surface area contributed by atoms with Crippen LogP contribution in [0.3, 0.4) is 0 Å². The number of hydrogen-bond acceptors (Lipinski definition) is 3. The Balaban J connectivity index is 2.15. The zero-order chi connectivity index (χ0) is 13.1. The van der Waals surface area contributed by atoms with E-state index in [0.717, 1.165) is 16.6 Å². The van der Waals surface area contributed by atoms with Crippen LogP contribution in [0.4, 0.5) is 5.13 Å². The third-order valence-electron chi connectivity index (χ3n) is 2.47. The second-order valence-corrected chi connectivity index (χ2v) is 5.83. The van der Waals surface area contributed by atoms with Gasteiger partial charge in [0.1, 0.15) is 0 Å². The van der Waals surface area contributed by atoms with Gasteiger partial charge in [0.25, 0.3) is 0 Å². The quantitative estimate of drug-likeness (QED) is 0.877. The summed E-state index contributed by atoms with van der Waals surface area (Å²) >= 11 is 1.45. The van der Waals surface area contributed by atoms with E-state index in [1.165, 1.54) is 11.3 Å². The Kier molecular flexibility index (Phi) is 4.10. The number of rotatable bonds is 3. The van der Waals surface area contributed by atoms with Crippen molar-refractivity contribution in [3.05, 3.63) is 29.6 Å². The lowest BCUT2D eigenvalue weighted by atomic mass is 10.2. The first-order valence-electron chi connectivity index (χ1n) is 5.68. The second kappa shape index (κ2) is 5.59. The van der Waals surface area contributed by atoms with E-state index < -0.39 is 0 Å². The molecule has 0 saturated heterocycles. The Morgan fingerprint density at radius 1 is 1.33 bits per heavy atom. The van der Waals surface area contributed by atoms with Crippen molar-refractivity contribution in [2.45, 2.75) is 13.8 Å². The van der Waals surface area contributed by atoms with Crippen LogP contribution >= 0.6 is 20.6 Å². The predicted molar refractivity (Wildman–Crippen MR) is 80.4 cm³/mol. The molecule has 94 valence electrons. The highest BCUT2D eigenvalue weighted by Gasteiger charge is 2.10. The average molecular weight is 278 g/mol. The van der Waals surface area contributed by atoms with Crippen LogP contribution in [-0.4, -0.2) is 10.9 Å². The monoisotopic (exact) mass is 278 g/mol. The van der Waals surface area contributed by atoms with Crippen molar-refractivity contribution in [1.29, 1.82) is 0 Å². The number of thiazole rings is 1. The zero-order valence-corrected chi connectivity index (χ0v) is 12.3. The molecule has 3 nitrogen and oxygen atoms in total. The van der Waals surface area contributed by atoms with Crippen LogP contribution in [0.1, 0.15) is 13.8 Å². The number of carbonyl (C=O) groups excluding carboxylic acids is 1. The minimum atomic E-state index is -0.0336. The lowest BCUT2D eigenvalue weighted by molar-refractivity contribution is -0.118. The minimum Gasteiger partial charge on any atom is -0.302 e. The lowest BCUT2D eigenvalue weighted by Crippen LogP contribution is -2.17. The number of hydrogen-bond donors (Lipinski definition) is 1. The van der Waals surface area contributed by atoms with Crippen LogP contribution in [-0.2, 0) is 4.79 Å². The van der Waals surface area contributed by atoms with Crippen LogP contribution in [0.25, 0.3) is 11.3 Å². The van der Waals surface area contributed by atoms with Crippen molar-refractivity contribution < 1.29 is 4.79 Å². The molecule has 5 heteroatoms. The first-order chi connectivity index (χ1) is 8.56. The Labute approximate surface area is 113 Å². The fourth-order valence-corrected chi connectivity index (χ4v) is 2.28. The summed E-state index contributed by atoms with van der Waals surface area (Å²) in [5.41, 5.74) is 1.95. The number of amides is 1. The fourth-order valence-electron chi connectivity index (χ4n) is 1.37. The third-order valence-corrected chi connectivity index (χ3v) is 3.61. The Bertz CT molecular complexity index is 548. The summed E-state index contributed by atoms with van der Waals surface area (Å²) in [6, 6.07) is 8.08. The number of carbonyl (C=O) groups is 1. The molecule has 1 unspecified atom stereocenters. The summed E-state index contributed by atoms with van der Waals surface area (Å²) in [5, 5.41) is 6.55. The van der Waals surface area contributed by atoms with Gasteiger partial charge >= 0.3 is 0 Å². The van der Waals surface area contributed by atoms with E-state index in [1.54, 1.807) is 0 Å². The topological polar surface area (TPSA) is 42.0 Å². The molecule has 1 aromatic carbocycles. The Morgan fingerprint density at radius 3 is 2.61 bits per heavy atom. The van der Waals surface area contributed by atoms with E-state index >= 15 is 0 Å². The molecular weight excluding hydrogens is 263 g/mol. The molecule has 0 saturated carbocycles. The molecule has 1 atom stereocenters. The molecule has 2 rings (SSSR count). The van der Waals surface area contributed by atoms with Gasteiger partial charge in [0.2, 0.25) is 5.91 Å². The number of nitrogens with zero attached hydrogens (tertiary/aromatic N) is 1. The maximum atomic E-state index is 11.6. The molecule has 0 spiro atoms. The smallest absolute Gasteiger partial charge is 0.228 e. The van der Waals surface area contributed by atoms with Gasteiger partial charge in [-0.1, -0.05) is 38.1 Å². The molecule has 0 aliphatic heterocycles. The number of aromatic nitrogens is 1. The second-order valence-electron chi connectivity index (χ2n) is 4.30. The molecule has 1 aromatic heterocycles. The van der Waals surface area contributed by atoms with E-state index in [2.05, 4.69) is 19.5 Å². The van der Waals surface area contributed by atoms with Crippen molar-refractivity contribution in [3.8, 4) is 11.3 Å². The molecule has 18 heavy (non-hydrogen) atoms. The summed E-state index contributed by atoms with van der Waals surface area (Å²) < 4.78 is 0. The van der Waals surface area contributed by atoms with Crippen LogP contribution in [0.15, 0.2) is 29.6 Å². The van der Waals surface area contributed by atoms with Gasteiger partial charge in [0, 0.05) is 16.9 Å². The maximum Gasteiger partial charge on any atom is 0.228 e. The van der Waals surface area contributed by atoms with E-state index in [1.807, 2.05) is 43.5 Å². The summed E-state index contributed by atoms with van der Waals surface area (Å²) in [5.74, 6) is -0.0371. The van der Waals surface area contributed by atoms with Gasteiger partial charge in [-0.15, -0.1) is 20.6 Å². The van der Waals surface area contributed by atoms with Crippen molar-refractivity contribution in [1.82, 2.24) is 4.98 Å². The zero-order valence-electron chi connectivity index (χ0n) is 10.3. The van der Waals surface area contributed by atoms with Gasteiger partial charge in [-0.3, -0.25) is 4.79 Å². The number of benzene rings is 1. The molecule has 1 N–H and O–H groups in total. The third kappa shape index (κ3) is 3.15. The van der Waals surface area contributed by atoms with Crippen LogP contribution in [0.2, 0.25) is 0 Å². The van der Waals surface area contributed by atoms with Gasteiger partial charge in [-0.2, -0.15) is 0 Å². The van der Waals surface area contributed by atoms with E-state index in [4.69, 9.17) is 0 Å². The molecule has 0 fully saturated rings. The van der Waals surface area contributed by atoms with E-state index in [9.17, 15) is 4.79 Å². The normalized spacial score (nSPS) is 10.7. The van der Waals surface area contributed by atoms with Crippen molar-refractivity contribution in [2.75, 3.05) is 5.32 Å². The Hall–Kier alpha value is -1.25. The average Bonchev–Trinajstić information content (AvgIpc) is 2.78. The van der Waals surface area contributed by atoms with Crippen molar-refractivity contribution in [2.24, 2.45) is 5.92 Å². The van der Waals surface area contributed by atoms with Crippen LogP contribution in [0.5, 0.6) is 0 Å². The van der Waals surface area contributed by atoms with Crippen molar-refractivity contribution >= 4 is 36.9 Å². The standard InChI is InChI=1S/C13H15N2OPS/c1-8(2)12(16)15-13-14-11(7-18-13)9-3-5-10(17)6-4-9/h3-8H,17H2,1-2H3,(H,14,15,16). The molecule has 1 heterocycles. The molecule has 0 bridgehead atoms. The first kappa shape index (κ1) is 13.2. The Morgan fingerprint density at radius 2 is 2.00 bits per heavy atom. The molecular formula is C13H15N2OPS. The largest absolute Gasteiger partial charge is 0.302 e. The molecule has 0 aliphatic carbocycles. The van der Waals surface area contributed by atoms with Crippen LogP contribution < -0.4 is 10.6 Å². The van der Waals surface area contributed by atoms with Crippen LogP contribution in [0, 0.1) is 5.92 Å². The van der Waals surface area contributed by atoms with Gasteiger partial charge in [-0.05, 0) is 5.30 Å². The molecule has 1 amide bonds. The highest BCUT2D eigenvalue weighted by molar-refractivity contribution is 7.27. The SMILES string of the molecule is CC(C)C(=O)Nc1nc(-c2ccc(P)cc2)cs1. The van der Waals surface area contributed by atoms with Gasteiger partial charge < -0.3 is 5.32 Å². The highest BCUT2D eigenvalue weighted by Crippen LogP contribution is 2.24. The summed E-state index contributed by atoms with van der Waals surface area (Å²) in [6.07, 6.45) is 0. The summed E-state index contributed by atoms with van der Waals surface area (Å²) in [6.45, 7) is 3.73. The van der Waals surface area contributed by atoms with Gasteiger partial charge in [-0.25, -0.2) is 4.98 Å². The fraction of sp³-hybridized carbons (Fsp3) is 0.231. The van der Waals surface area contributed by atoms with E-state index in [-0.39, 0.29) is 11.8 Å². The van der Waals surface area contributed by atoms with Gasteiger partial charge in [0.15, 0.2) is 5.13 Å². The van der Waals surface area contributed by atoms with Crippen molar-refractivity contribution in [3.63, 3.8) is 0 Å². The first-order valence-corrected chi connectivity index (χ1v) is 7.14. The maximum absolute atomic E-state index is 11.6. The van der Waals surface area contributed by atoms with Gasteiger partial charge in [0.05, 0.1) is 5.69 Å². The number of anilines is 1. The number of nitrogens with one attached hydrogen (secondary N) is 1. The molecule has 0 aliphatic rings. The lowest BCUT2D eigenvalue weighted by Gasteiger charge is -2.03. The van der Waals surface area contributed by atoms with E-state index in [0.29, 0.717) is 5.13 Å². The molecule has 0 radical (unpaired) electrons. The summed E-state index contributed by atoms with van der Waals surface area (Å²) in [7, 11) is 2.65. The minimum absolute atomic E-state index is 0.00351. The highest BCUT2D eigenvalue weighted by atomic mass is 32.1. The summed E-state index contributed by atoms with van der Waals surface area (Å²) in [4.78, 5) is 16.0. The molecule has 2 aromatic rings.